The third-order valence-corrected chi connectivity index (χ3v) is 6.93. The van der Waals surface area contributed by atoms with Crippen LogP contribution >= 0.6 is 11.6 Å². The zero-order valence-electron chi connectivity index (χ0n) is 22.1. The van der Waals surface area contributed by atoms with E-state index in [1.54, 1.807) is 27.7 Å². The second kappa shape index (κ2) is 12.6. The van der Waals surface area contributed by atoms with Crippen molar-refractivity contribution in [3.05, 3.63) is 28.8 Å². The zero-order chi connectivity index (χ0) is 29.1. The molecule has 0 bridgehead atoms. The van der Waals surface area contributed by atoms with Crippen molar-refractivity contribution in [2.45, 2.75) is 90.3 Å². The summed E-state index contributed by atoms with van der Waals surface area (Å²) in [5.41, 5.74) is -0.893. The number of nitrogens with zero attached hydrogens (tertiary/aromatic N) is 1. The molecular weight excluding hydrogens is 547 g/mol. The van der Waals surface area contributed by atoms with Gasteiger partial charge in [0.25, 0.3) is 0 Å². The number of nitrogens with one attached hydrogen (secondary N) is 2. The maximum Gasteiger partial charge on any atom is 0.573 e. The van der Waals surface area contributed by atoms with Crippen molar-refractivity contribution in [2.75, 3.05) is 13.2 Å². The van der Waals surface area contributed by atoms with Gasteiger partial charge in [-0.1, -0.05) is 44.5 Å². The molecule has 0 saturated carbocycles. The van der Waals surface area contributed by atoms with E-state index in [0.29, 0.717) is 19.4 Å². The van der Waals surface area contributed by atoms with Crippen LogP contribution in [0.15, 0.2) is 18.2 Å². The summed E-state index contributed by atoms with van der Waals surface area (Å²) in [4.78, 5) is 28.4. The van der Waals surface area contributed by atoms with Crippen LogP contribution in [-0.2, 0) is 19.1 Å². The minimum absolute atomic E-state index is 0.113. The largest absolute Gasteiger partial charge is 0.573 e. The number of aliphatic hydroxyl groups is 2. The van der Waals surface area contributed by atoms with Crippen LogP contribution < -0.4 is 15.4 Å². The van der Waals surface area contributed by atoms with Crippen LogP contribution in [0.2, 0.25) is 5.02 Å². The molecule has 2 amide bonds. The van der Waals surface area contributed by atoms with E-state index in [1.807, 2.05) is 0 Å². The monoisotopic (exact) mass is 581 g/mol. The van der Waals surface area contributed by atoms with Crippen LogP contribution in [0.3, 0.4) is 0 Å². The predicted molar refractivity (Wildman–Crippen MR) is 133 cm³/mol. The van der Waals surface area contributed by atoms with Gasteiger partial charge in [-0.3, -0.25) is 14.9 Å². The van der Waals surface area contributed by atoms with E-state index in [1.165, 1.54) is 17.0 Å². The van der Waals surface area contributed by atoms with Crippen LogP contribution in [0.5, 0.6) is 5.75 Å². The molecule has 6 atom stereocenters. The fourth-order valence-electron chi connectivity index (χ4n) is 4.71. The van der Waals surface area contributed by atoms with E-state index < -0.39 is 71.3 Å². The molecule has 2 aliphatic rings. The molecule has 0 radical (unpaired) electrons. The summed E-state index contributed by atoms with van der Waals surface area (Å²) in [7, 11) is 0. The summed E-state index contributed by atoms with van der Waals surface area (Å²) in [6.07, 6.45) is -7.42. The van der Waals surface area contributed by atoms with Crippen LogP contribution in [0.4, 0.5) is 13.2 Å². The molecular formula is C25H35ClF3N3O7. The summed E-state index contributed by atoms with van der Waals surface area (Å²) in [6, 6.07) is 1.10. The molecule has 2 saturated heterocycles. The molecule has 2 fully saturated rings. The third kappa shape index (κ3) is 7.95. The minimum Gasteiger partial charge on any atom is -0.404 e. The van der Waals surface area contributed by atoms with Gasteiger partial charge >= 0.3 is 6.36 Å². The van der Waals surface area contributed by atoms with Gasteiger partial charge in [0.15, 0.2) is 12.6 Å². The highest BCUT2D eigenvalue weighted by molar-refractivity contribution is 6.32. The van der Waals surface area contributed by atoms with Crippen molar-refractivity contribution in [2.24, 2.45) is 5.41 Å². The lowest BCUT2D eigenvalue weighted by molar-refractivity contribution is -0.274. The molecule has 2 aliphatic heterocycles. The quantitative estimate of drug-likeness (QED) is 0.328. The molecule has 3 rings (SSSR count). The van der Waals surface area contributed by atoms with Gasteiger partial charge in [-0.15, -0.1) is 13.2 Å². The molecule has 1 aromatic carbocycles. The first kappa shape index (κ1) is 31.4. The SMILES string of the molecule is CCO[C@@H]1OC(O)C[C@@H]1NC(=O)[C@@H]1CCCN1C(=O)[C@@H](NC(O)c1cccc(OC(F)(F)F)c1Cl)C(C)(C)C. The number of alkyl halides is 3. The standard InChI is InChI=1S/C25H35ClF3N3O7/c1-5-37-23-14(12-17(33)38-23)30-21(35)15-9-7-11-32(15)22(36)19(24(2,3)4)31-20(34)13-8-6-10-16(18(13)26)39-25(27,28)29/h6,8,10,14-15,17,19-20,23,31,33-34H,5,7,9,11-12H2,1-4H3,(H,30,35)/t14-,15-,17?,19+,20?,23+/m0/s1. The Bertz CT molecular complexity index is 1020. The average molecular weight is 582 g/mol. The second-order valence-corrected chi connectivity index (χ2v) is 10.9. The van der Waals surface area contributed by atoms with Gasteiger partial charge in [-0.2, -0.15) is 0 Å². The topological polar surface area (TPSA) is 130 Å². The third-order valence-electron chi connectivity index (χ3n) is 6.52. The van der Waals surface area contributed by atoms with Crippen LogP contribution in [-0.4, -0.2) is 77.1 Å². The summed E-state index contributed by atoms with van der Waals surface area (Å²) in [5.74, 6) is -1.59. The number of halogens is 4. The molecule has 2 unspecified atom stereocenters. The number of hydrogen-bond donors (Lipinski definition) is 4. The molecule has 0 aliphatic carbocycles. The van der Waals surface area contributed by atoms with E-state index in [0.717, 1.165) is 6.07 Å². The van der Waals surface area contributed by atoms with E-state index >= 15 is 0 Å². The Labute approximate surface area is 229 Å². The van der Waals surface area contributed by atoms with Gasteiger partial charge in [0.2, 0.25) is 11.8 Å². The maximum atomic E-state index is 13.7. The lowest BCUT2D eigenvalue weighted by Gasteiger charge is -2.37. The molecule has 10 nitrogen and oxygen atoms in total. The first-order chi connectivity index (χ1) is 18.1. The Kier molecular flexibility index (Phi) is 10.1. The Morgan fingerprint density at radius 1 is 1.28 bits per heavy atom. The summed E-state index contributed by atoms with van der Waals surface area (Å²) < 4.78 is 52.9. The molecule has 2 heterocycles. The minimum atomic E-state index is -4.98. The number of ether oxygens (including phenoxy) is 3. The van der Waals surface area contributed by atoms with E-state index in [2.05, 4.69) is 15.4 Å². The van der Waals surface area contributed by atoms with Gasteiger partial charge < -0.3 is 34.6 Å². The maximum absolute atomic E-state index is 13.7. The predicted octanol–water partition coefficient (Wildman–Crippen LogP) is 2.81. The summed E-state index contributed by atoms with van der Waals surface area (Å²) in [5, 5.41) is 25.8. The lowest BCUT2D eigenvalue weighted by atomic mass is 9.85. The Balaban J connectivity index is 1.76. The number of likely N-dealkylation sites (tertiary alicyclic amines) is 1. The van der Waals surface area contributed by atoms with Gasteiger partial charge in [0, 0.05) is 25.1 Å². The van der Waals surface area contributed by atoms with Gasteiger partial charge in [0.05, 0.1) is 17.1 Å². The molecule has 0 aromatic heterocycles. The number of carbonyl (C=O) groups is 2. The normalized spacial score (nSPS) is 25.4. The highest BCUT2D eigenvalue weighted by Gasteiger charge is 2.44. The van der Waals surface area contributed by atoms with Crippen molar-refractivity contribution < 1.29 is 47.2 Å². The number of amides is 2. The number of aliphatic hydroxyl groups excluding tert-OH is 2. The Morgan fingerprint density at radius 2 is 1.97 bits per heavy atom. The smallest absolute Gasteiger partial charge is 0.404 e. The second-order valence-electron chi connectivity index (χ2n) is 10.5. The van der Waals surface area contributed by atoms with Crippen molar-refractivity contribution in [3.8, 4) is 5.75 Å². The average Bonchev–Trinajstić information content (AvgIpc) is 3.43. The van der Waals surface area contributed by atoms with Crippen LogP contribution in [0.25, 0.3) is 0 Å². The molecule has 39 heavy (non-hydrogen) atoms. The zero-order valence-corrected chi connectivity index (χ0v) is 22.9. The number of hydrogen-bond acceptors (Lipinski definition) is 8. The first-order valence-electron chi connectivity index (χ1n) is 12.7. The number of benzene rings is 1. The molecule has 4 N–H and O–H groups in total. The van der Waals surface area contributed by atoms with E-state index in [9.17, 15) is 33.0 Å². The van der Waals surface area contributed by atoms with Crippen molar-refractivity contribution in [1.29, 1.82) is 0 Å². The highest BCUT2D eigenvalue weighted by Crippen LogP contribution is 2.36. The fourth-order valence-corrected chi connectivity index (χ4v) is 4.98. The van der Waals surface area contributed by atoms with Gasteiger partial charge in [0.1, 0.15) is 18.0 Å². The molecule has 14 heteroatoms. The molecule has 1 aromatic rings. The number of rotatable bonds is 9. The Morgan fingerprint density at radius 3 is 2.59 bits per heavy atom. The van der Waals surface area contributed by atoms with Crippen LogP contribution in [0.1, 0.15) is 58.7 Å². The van der Waals surface area contributed by atoms with E-state index in [-0.39, 0.29) is 18.5 Å². The molecule has 220 valence electrons. The van der Waals surface area contributed by atoms with Gasteiger partial charge in [-0.05, 0) is 31.2 Å². The lowest BCUT2D eigenvalue weighted by Crippen LogP contribution is -2.58. The molecule has 0 spiro atoms. The summed E-state index contributed by atoms with van der Waals surface area (Å²) >= 11 is 6.09. The first-order valence-corrected chi connectivity index (χ1v) is 13.0. The number of carbonyl (C=O) groups excluding carboxylic acids is 2. The van der Waals surface area contributed by atoms with Crippen molar-refractivity contribution >= 4 is 23.4 Å². The fraction of sp³-hybridized carbons (Fsp3) is 0.680. The van der Waals surface area contributed by atoms with Crippen LogP contribution in [0, 0.1) is 5.41 Å². The summed E-state index contributed by atoms with van der Waals surface area (Å²) in [6.45, 7) is 7.59. The van der Waals surface area contributed by atoms with Gasteiger partial charge in [-0.25, -0.2) is 0 Å². The van der Waals surface area contributed by atoms with Crippen molar-refractivity contribution in [3.63, 3.8) is 0 Å². The van der Waals surface area contributed by atoms with E-state index in [4.69, 9.17) is 21.1 Å². The Hall–Kier alpha value is -2.16. The van der Waals surface area contributed by atoms with Crippen molar-refractivity contribution in [1.82, 2.24) is 15.5 Å². The highest BCUT2D eigenvalue weighted by atomic mass is 35.5.